The number of rotatable bonds is 4. The van der Waals surface area contributed by atoms with Crippen molar-refractivity contribution in [3.05, 3.63) is 59.0 Å². The molecule has 0 bridgehead atoms. The van der Waals surface area contributed by atoms with E-state index in [0.717, 1.165) is 32.0 Å². The van der Waals surface area contributed by atoms with Crippen molar-refractivity contribution in [2.75, 3.05) is 47.0 Å². The van der Waals surface area contributed by atoms with Crippen molar-refractivity contribution in [1.29, 1.82) is 0 Å². The Balaban J connectivity index is 1.50. The molecule has 0 saturated carbocycles. The van der Waals surface area contributed by atoms with Crippen LogP contribution in [0.1, 0.15) is 0 Å². The number of halogens is 2. The van der Waals surface area contributed by atoms with Gasteiger partial charge in [0.1, 0.15) is 17.8 Å². The molecule has 3 heterocycles. The minimum Gasteiger partial charge on any atom is -0.393 e. The summed E-state index contributed by atoms with van der Waals surface area (Å²) in [4.78, 5) is 17.5. The van der Waals surface area contributed by atoms with Crippen LogP contribution in [0, 0.1) is 0 Å². The summed E-state index contributed by atoms with van der Waals surface area (Å²) in [7, 11) is 0. The number of aromatic nitrogens is 3. The number of nitrogens with zero attached hydrogens (tertiary/aromatic N) is 5. The summed E-state index contributed by atoms with van der Waals surface area (Å²) in [6, 6.07) is 11.1. The topological polar surface area (TPSA) is 83.2 Å². The highest BCUT2D eigenvalue weighted by Crippen LogP contribution is 2.33. The molecule has 0 aliphatic carbocycles. The third-order valence-corrected chi connectivity index (χ3v) is 5.16. The fraction of sp³-hybridized carbons (Fsp3) is 0.211. The fourth-order valence-corrected chi connectivity index (χ4v) is 3.48. The summed E-state index contributed by atoms with van der Waals surface area (Å²) < 4.78 is 0. The Morgan fingerprint density at radius 1 is 0.929 bits per heavy atom. The molecule has 0 spiro atoms. The quantitative estimate of drug-likeness (QED) is 0.669. The minimum absolute atomic E-state index is 0.477. The number of hydrogen-bond acceptors (Lipinski definition) is 7. The molecule has 0 unspecified atom stereocenters. The zero-order valence-corrected chi connectivity index (χ0v) is 16.5. The zero-order valence-electron chi connectivity index (χ0n) is 15.0. The highest BCUT2D eigenvalue weighted by atomic mass is 35.5. The molecule has 0 atom stereocenters. The van der Waals surface area contributed by atoms with Gasteiger partial charge in [0.25, 0.3) is 0 Å². The molecule has 3 aromatic rings. The lowest BCUT2D eigenvalue weighted by atomic mass is 10.2. The van der Waals surface area contributed by atoms with Gasteiger partial charge in [-0.05, 0) is 30.3 Å². The lowest BCUT2D eigenvalue weighted by molar-refractivity contribution is 0.642. The first-order valence-electron chi connectivity index (χ1n) is 8.85. The van der Waals surface area contributed by atoms with Crippen molar-refractivity contribution in [3.8, 4) is 0 Å². The third kappa shape index (κ3) is 3.90. The number of nitrogen functional groups attached to an aromatic ring is 1. The molecule has 3 N–H and O–H groups in total. The Morgan fingerprint density at radius 2 is 1.71 bits per heavy atom. The lowest BCUT2D eigenvalue weighted by Crippen LogP contribution is -2.47. The van der Waals surface area contributed by atoms with Crippen LogP contribution in [0.5, 0.6) is 0 Å². The molecule has 1 fully saturated rings. The van der Waals surface area contributed by atoms with Gasteiger partial charge in [-0.3, -0.25) is 0 Å². The van der Waals surface area contributed by atoms with Gasteiger partial charge in [-0.15, -0.1) is 0 Å². The summed E-state index contributed by atoms with van der Waals surface area (Å²) >= 11 is 12.3. The summed E-state index contributed by atoms with van der Waals surface area (Å²) in [5, 5.41) is 4.27. The van der Waals surface area contributed by atoms with Gasteiger partial charge in [-0.25, -0.2) is 15.0 Å². The molecule has 1 aliphatic rings. The Hall–Kier alpha value is -2.77. The van der Waals surface area contributed by atoms with Crippen LogP contribution >= 0.6 is 23.2 Å². The van der Waals surface area contributed by atoms with Crippen LogP contribution in [0.2, 0.25) is 10.0 Å². The van der Waals surface area contributed by atoms with E-state index >= 15 is 0 Å². The van der Waals surface area contributed by atoms with E-state index in [9.17, 15) is 0 Å². The van der Waals surface area contributed by atoms with Crippen LogP contribution in [0.25, 0.3) is 0 Å². The monoisotopic (exact) mass is 415 g/mol. The maximum atomic E-state index is 6.36. The van der Waals surface area contributed by atoms with E-state index in [4.69, 9.17) is 28.9 Å². The summed E-state index contributed by atoms with van der Waals surface area (Å²) in [6.07, 6.45) is 3.31. The average molecular weight is 416 g/mol. The van der Waals surface area contributed by atoms with Crippen molar-refractivity contribution in [3.63, 3.8) is 0 Å². The minimum atomic E-state index is 0.477. The van der Waals surface area contributed by atoms with Gasteiger partial charge in [0.2, 0.25) is 0 Å². The molecule has 1 aromatic carbocycles. The van der Waals surface area contributed by atoms with Gasteiger partial charge in [-0.2, -0.15) is 0 Å². The van der Waals surface area contributed by atoms with Gasteiger partial charge in [-0.1, -0.05) is 29.3 Å². The predicted molar refractivity (Wildman–Crippen MR) is 115 cm³/mol. The first-order chi connectivity index (χ1) is 13.6. The highest BCUT2D eigenvalue weighted by Gasteiger charge is 2.22. The SMILES string of the molecule is Nc1c(Nc2cc(Cl)ccc2Cl)ncnc1N1CCN(c2ccccn2)CC1. The molecule has 9 heteroatoms. The largest absolute Gasteiger partial charge is 0.393 e. The van der Waals surface area contributed by atoms with Crippen LogP contribution in [-0.4, -0.2) is 41.1 Å². The molecule has 1 aliphatic heterocycles. The molecule has 7 nitrogen and oxygen atoms in total. The van der Waals surface area contributed by atoms with E-state index in [-0.39, 0.29) is 0 Å². The van der Waals surface area contributed by atoms with E-state index in [1.54, 1.807) is 18.2 Å². The second-order valence-electron chi connectivity index (χ2n) is 6.37. The van der Waals surface area contributed by atoms with E-state index < -0.39 is 0 Å². The maximum absolute atomic E-state index is 6.36. The average Bonchev–Trinajstić information content (AvgIpc) is 2.73. The van der Waals surface area contributed by atoms with E-state index in [1.165, 1.54) is 6.33 Å². The Morgan fingerprint density at radius 3 is 2.46 bits per heavy atom. The second-order valence-corrected chi connectivity index (χ2v) is 7.21. The highest BCUT2D eigenvalue weighted by molar-refractivity contribution is 6.35. The Kier molecular flexibility index (Phi) is 5.36. The molecule has 28 heavy (non-hydrogen) atoms. The summed E-state index contributed by atoms with van der Waals surface area (Å²) in [5.41, 5.74) is 7.49. The molecule has 0 amide bonds. The first-order valence-corrected chi connectivity index (χ1v) is 9.61. The first kappa shape index (κ1) is 18.6. The van der Waals surface area contributed by atoms with Crippen LogP contribution in [0.15, 0.2) is 48.9 Å². The molecule has 144 valence electrons. The number of benzene rings is 1. The maximum Gasteiger partial charge on any atom is 0.159 e. The molecule has 2 aromatic heterocycles. The van der Waals surface area contributed by atoms with Crippen LogP contribution < -0.4 is 20.9 Å². The van der Waals surface area contributed by atoms with Crippen molar-refractivity contribution in [2.24, 2.45) is 0 Å². The fourth-order valence-electron chi connectivity index (χ4n) is 3.15. The Bertz CT molecular complexity index is 960. The molecule has 4 rings (SSSR count). The smallest absolute Gasteiger partial charge is 0.159 e. The zero-order chi connectivity index (χ0) is 19.5. The number of nitrogens with one attached hydrogen (secondary N) is 1. The van der Waals surface area contributed by atoms with Gasteiger partial charge in [0, 0.05) is 37.4 Å². The Labute approximate surface area is 173 Å². The van der Waals surface area contributed by atoms with Crippen LogP contribution in [0.3, 0.4) is 0 Å². The predicted octanol–water partition coefficient (Wildman–Crippen LogP) is 3.83. The molecule has 0 radical (unpaired) electrons. The number of hydrogen-bond donors (Lipinski definition) is 2. The number of piperazine rings is 1. The van der Waals surface area contributed by atoms with E-state index in [1.807, 2.05) is 24.4 Å². The summed E-state index contributed by atoms with van der Waals surface area (Å²) in [5.74, 6) is 2.19. The summed E-state index contributed by atoms with van der Waals surface area (Å²) in [6.45, 7) is 3.25. The lowest BCUT2D eigenvalue weighted by Gasteiger charge is -2.36. The normalized spacial score (nSPS) is 14.2. The van der Waals surface area contributed by atoms with E-state index in [2.05, 4.69) is 30.1 Å². The number of pyridine rings is 1. The number of nitrogens with two attached hydrogens (primary N) is 1. The van der Waals surface area contributed by atoms with Crippen LogP contribution in [0.4, 0.5) is 28.8 Å². The van der Waals surface area contributed by atoms with Gasteiger partial charge in [0.05, 0.1) is 10.7 Å². The molecular formula is C19H19Cl2N7. The van der Waals surface area contributed by atoms with Crippen molar-refractivity contribution < 1.29 is 0 Å². The van der Waals surface area contributed by atoms with Crippen molar-refractivity contribution in [2.45, 2.75) is 0 Å². The molecule has 1 saturated heterocycles. The van der Waals surface area contributed by atoms with E-state index in [0.29, 0.717) is 33.1 Å². The third-order valence-electron chi connectivity index (χ3n) is 4.60. The van der Waals surface area contributed by atoms with Gasteiger partial charge in [0.15, 0.2) is 11.6 Å². The van der Waals surface area contributed by atoms with Gasteiger partial charge < -0.3 is 20.9 Å². The number of anilines is 5. The second kappa shape index (κ2) is 8.08. The van der Waals surface area contributed by atoms with Crippen molar-refractivity contribution in [1.82, 2.24) is 15.0 Å². The van der Waals surface area contributed by atoms with Gasteiger partial charge >= 0.3 is 0 Å². The van der Waals surface area contributed by atoms with Crippen molar-refractivity contribution >= 4 is 52.0 Å². The van der Waals surface area contributed by atoms with Crippen LogP contribution in [-0.2, 0) is 0 Å². The molecular weight excluding hydrogens is 397 g/mol. The standard InChI is InChI=1S/C19H19Cl2N7/c20-13-4-5-14(21)15(11-13)26-18-17(22)19(25-12-24-18)28-9-7-27(8-10-28)16-3-1-2-6-23-16/h1-6,11-12H,7-10,22H2,(H,24,25,26).